The molecule has 5 heteroatoms. The average Bonchev–Trinajstić information content (AvgIpc) is 3.15. The quantitative estimate of drug-likeness (QED) is 0.942. The van der Waals surface area contributed by atoms with Crippen LogP contribution in [0, 0.1) is 0 Å². The van der Waals surface area contributed by atoms with Gasteiger partial charge < -0.3 is 14.8 Å². The van der Waals surface area contributed by atoms with Gasteiger partial charge in [0.05, 0.1) is 6.33 Å². The molecule has 2 unspecified atom stereocenters. The van der Waals surface area contributed by atoms with Crippen LogP contribution in [0.2, 0.25) is 0 Å². The van der Waals surface area contributed by atoms with E-state index >= 15 is 0 Å². The minimum Gasteiger partial charge on any atom is -0.346 e. The predicted octanol–water partition coefficient (Wildman–Crippen LogP) is 2.29. The lowest BCUT2D eigenvalue weighted by Gasteiger charge is -2.19. The number of hydrogen-bond donors (Lipinski definition) is 1. The van der Waals surface area contributed by atoms with Gasteiger partial charge in [-0.15, -0.1) is 0 Å². The van der Waals surface area contributed by atoms with Crippen molar-refractivity contribution in [3.63, 3.8) is 0 Å². The number of imidazole rings is 1. The van der Waals surface area contributed by atoms with Gasteiger partial charge in [-0.25, -0.2) is 4.98 Å². The SMILES string of the molecule is CC(C)n1cnc(C(=O)NC2CN(C)CC2c2ccccc2)c1. The fourth-order valence-electron chi connectivity index (χ4n) is 3.16. The summed E-state index contributed by atoms with van der Waals surface area (Å²) in [6, 6.07) is 10.8. The summed E-state index contributed by atoms with van der Waals surface area (Å²) in [6.45, 7) is 5.95. The number of benzene rings is 1. The molecule has 1 N–H and O–H groups in total. The van der Waals surface area contributed by atoms with Crippen LogP contribution in [0.4, 0.5) is 0 Å². The van der Waals surface area contributed by atoms with Crippen molar-refractivity contribution in [2.75, 3.05) is 20.1 Å². The summed E-state index contributed by atoms with van der Waals surface area (Å²) >= 11 is 0. The molecule has 0 saturated carbocycles. The van der Waals surface area contributed by atoms with E-state index in [2.05, 4.69) is 60.4 Å². The summed E-state index contributed by atoms with van der Waals surface area (Å²) < 4.78 is 1.95. The third kappa shape index (κ3) is 3.45. The van der Waals surface area contributed by atoms with Crippen molar-refractivity contribution < 1.29 is 4.79 Å². The number of rotatable bonds is 4. The van der Waals surface area contributed by atoms with E-state index in [0.29, 0.717) is 17.7 Å². The Bertz CT molecular complexity index is 665. The first-order valence-electron chi connectivity index (χ1n) is 8.12. The van der Waals surface area contributed by atoms with E-state index in [-0.39, 0.29) is 11.9 Å². The number of nitrogens with zero attached hydrogens (tertiary/aromatic N) is 3. The van der Waals surface area contributed by atoms with Crippen LogP contribution in [0.25, 0.3) is 0 Å². The molecule has 1 aromatic heterocycles. The van der Waals surface area contributed by atoms with E-state index in [0.717, 1.165) is 13.1 Å². The number of carbonyl (C=O) groups is 1. The Morgan fingerprint density at radius 1 is 1.26 bits per heavy atom. The highest BCUT2D eigenvalue weighted by atomic mass is 16.2. The van der Waals surface area contributed by atoms with Crippen molar-refractivity contribution in [2.24, 2.45) is 0 Å². The number of likely N-dealkylation sites (tertiary alicyclic amines) is 1. The van der Waals surface area contributed by atoms with E-state index in [1.807, 2.05) is 16.8 Å². The number of nitrogens with one attached hydrogen (secondary N) is 1. The van der Waals surface area contributed by atoms with Gasteiger partial charge in [0.2, 0.25) is 0 Å². The highest BCUT2D eigenvalue weighted by Gasteiger charge is 2.33. The summed E-state index contributed by atoms with van der Waals surface area (Å²) in [6.07, 6.45) is 3.53. The summed E-state index contributed by atoms with van der Waals surface area (Å²) in [5.41, 5.74) is 1.76. The molecule has 0 radical (unpaired) electrons. The van der Waals surface area contributed by atoms with Crippen LogP contribution in [-0.2, 0) is 0 Å². The molecule has 3 rings (SSSR count). The van der Waals surface area contributed by atoms with Gasteiger partial charge in [-0.2, -0.15) is 0 Å². The molecule has 5 nitrogen and oxygen atoms in total. The monoisotopic (exact) mass is 312 g/mol. The van der Waals surface area contributed by atoms with Crippen molar-refractivity contribution in [1.29, 1.82) is 0 Å². The lowest BCUT2D eigenvalue weighted by molar-refractivity contribution is 0.0931. The van der Waals surface area contributed by atoms with Gasteiger partial charge >= 0.3 is 0 Å². The van der Waals surface area contributed by atoms with Crippen molar-refractivity contribution in [3.8, 4) is 0 Å². The van der Waals surface area contributed by atoms with Crippen LogP contribution in [0.15, 0.2) is 42.9 Å². The van der Waals surface area contributed by atoms with E-state index in [1.165, 1.54) is 5.56 Å². The van der Waals surface area contributed by atoms with Gasteiger partial charge in [-0.05, 0) is 26.5 Å². The minimum absolute atomic E-state index is 0.0920. The summed E-state index contributed by atoms with van der Waals surface area (Å²) in [5, 5.41) is 3.17. The van der Waals surface area contributed by atoms with Crippen molar-refractivity contribution >= 4 is 5.91 Å². The first kappa shape index (κ1) is 15.7. The zero-order valence-corrected chi connectivity index (χ0v) is 13.9. The second-order valence-corrected chi connectivity index (χ2v) is 6.62. The normalized spacial score (nSPS) is 21.7. The highest BCUT2D eigenvalue weighted by molar-refractivity contribution is 5.92. The lowest BCUT2D eigenvalue weighted by Crippen LogP contribution is -2.39. The zero-order valence-electron chi connectivity index (χ0n) is 13.9. The number of amides is 1. The third-order valence-electron chi connectivity index (χ3n) is 4.48. The molecule has 0 aliphatic carbocycles. The van der Waals surface area contributed by atoms with Crippen LogP contribution in [0.5, 0.6) is 0 Å². The molecule has 0 spiro atoms. The standard InChI is InChI=1S/C18H24N4O/c1-13(2)22-11-17(19-12-22)18(23)20-16-10-21(3)9-15(16)14-7-5-4-6-8-14/h4-8,11-13,15-16H,9-10H2,1-3H3,(H,20,23). The van der Waals surface area contributed by atoms with E-state index in [9.17, 15) is 4.79 Å². The number of likely N-dealkylation sites (N-methyl/N-ethyl adjacent to an activating group) is 1. The number of aromatic nitrogens is 2. The smallest absolute Gasteiger partial charge is 0.271 e. The average molecular weight is 312 g/mol. The Morgan fingerprint density at radius 2 is 2.00 bits per heavy atom. The van der Waals surface area contributed by atoms with E-state index < -0.39 is 0 Å². The fraction of sp³-hybridized carbons (Fsp3) is 0.444. The number of hydrogen-bond acceptors (Lipinski definition) is 3. The predicted molar refractivity (Wildman–Crippen MR) is 90.5 cm³/mol. The van der Waals surface area contributed by atoms with Crippen LogP contribution in [-0.4, -0.2) is 46.5 Å². The molecular weight excluding hydrogens is 288 g/mol. The molecule has 1 amide bonds. The maximum atomic E-state index is 12.5. The fourth-order valence-corrected chi connectivity index (χ4v) is 3.16. The molecule has 1 aliphatic heterocycles. The van der Waals surface area contributed by atoms with Gasteiger partial charge in [-0.1, -0.05) is 30.3 Å². The lowest BCUT2D eigenvalue weighted by atomic mass is 9.94. The molecule has 23 heavy (non-hydrogen) atoms. The summed E-state index contributed by atoms with van der Waals surface area (Å²) in [5.74, 6) is 0.225. The van der Waals surface area contributed by atoms with E-state index in [1.54, 1.807) is 6.33 Å². The molecule has 1 fully saturated rings. The summed E-state index contributed by atoms with van der Waals surface area (Å²) in [7, 11) is 2.09. The highest BCUT2D eigenvalue weighted by Crippen LogP contribution is 2.26. The topological polar surface area (TPSA) is 50.2 Å². The van der Waals surface area contributed by atoms with Crippen LogP contribution < -0.4 is 5.32 Å². The van der Waals surface area contributed by atoms with Gasteiger partial charge in [0.1, 0.15) is 5.69 Å². The summed E-state index contributed by atoms with van der Waals surface area (Å²) in [4.78, 5) is 19.0. The van der Waals surface area contributed by atoms with Crippen molar-refractivity contribution in [2.45, 2.75) is 31.8 Å². The van der Waals surface area contributed by atoms with Crippen LogP contribution in [0.3, 0.4) is 0 Å². The van der Waals surface area contributed by atoms with Gasteiger partial charge in [0.15, 0.2) is 0 Å². The molecular formula is C18H24N4O. The second kappa shape index (κ2) is 6.54. The molecule has 2 heterocycles. The van der Waals surface area contributed by atoms with Crippen molar-refractivity contribution in [3.05, 3.63) is 54.1 Å². The van der Waals surface area contributed by atoms with Crippen molar-refractivity contribution in [1.82, 2.24) is 19.8 Å². The molecule has 2 atom stereocenters. The molecule has 1 aromatic carbocycles. The Labute approximate surface area is 137 Å². The van der Waals surface area contributed by atoms with E-state index in [4.69, 9.17) is 0 Å². The van der Waals surface area contributed by atoms with Crippen LogP contribution >= 0.6 is 0 Å². The Balaban J connectivity index is 1.73. The molecule has 122 valence electrons. The Kier molecular flexibility index (Phi) is 4.48. The maximum absolute atomic E-state index is 12.5. The largest absolute Gasteiger partial charge is 0.346 e. The molecule has 1 aliphatic rings. The van der Waals surface area contributed by atoms with Gasteiger partial charge in [0.25, 0.3) is 5.91 Å². The number of carbonyl (C=O) groups excluding carboxylic acids is 1. The maximum Gasteiger partial charge on any atom is 0.271 e. The first-order valence-corrected chi connectivity index (χ1v) is 8.12. The Hall–Kier alpha value is -2.14. The zero-order chi connectivity index (χ0) is 16.4. The molecule has 2 aromatic rings. The molecule has 0 bridgehead atoms. The third-order valence-corrected chi connectivity index (χ3v) is 4.48. The minimum atomic E-state index is -0.0920. The van der Waals surface area contributed by atoms with Gasteiger partial charge in [-0.3, -0.25) is 4.79 Å². The first-order chi connectivity index (χ1) is 11.0. The van der Waals surface area contributed by atoms with Crippen LogP contribution in [0.1, 0.15) is 41.9 Å². The second-order valence-electron chi connectivity index (χ2n) is 6.62. The van der Waals surface area contributed by atoms with Gasteiger partial charge in [0, 0.05) is 37.3 Å². The molecule has 1 saturated heterocycles. The Morgan fingerprint density at radius 3 is 2.65 bits per heavy atom.